The van der Waals surface area contributed by atoms with Crippen molar-refractivity contribution < 1.29 is 27.4 Å². The number of carbonyl (C=O) groups is 1. The van der Waals surface area contributed by atoms with Crippen LogP contribution in [0.1, 0.15) is 15.9 Å². The second-order valence-corrected chi connectivity index (χ2v) is 4.98. The van der Waals surface area contributed by atoms with Crippen molar-refractivity contribution in [1.82, 2.24) is 4.98 Å². The van der Waals surface area contributed by atoms with Crippen molar-refractivity contribution in [3.05, 3.63) is 52.1 Å². The lowest BCUT2D eigenvalue weighted by Gasteiger charge is -2.09. The first-order valence-electron chi connectivity index (χ1n) is 5.90. The Labute approximate surface area is 132 Å². The van der Waals surface area contributed by atoms with Crippen molar-refractivity contribution in [2.45, 2.75) is 6.18 Å². The maximum Gasteiger partial charge on any atom is 0.416 e. The van der Waals surface area contributed by atoms with Gasteiger partial charge in [0.2, 0.25) is 5.88 Å². The first kappa shape index (κ1) is 16.3. The summed E-state index contributed by atoms with van der Waals surface area (Å²) < 4.78 is 47.7. The fourth-order valence-corrected chi connectivity index (χ4v) is 1.98. The van der Waals surface area contributed by atoms with Crippen LogP contribution in [0.2, 0.25) is 0 Å². The fourth-order valence-electron chi connectivity index (χ4n) is 1.55. The van der Waals surface area contributed by atoms with E-state index in [1.807, 2.05) is 0 Å². The van der Waals surface area contributed by atoms with Crippen LogP contribution in [-0.2, 0) is 10.9 Å². The number of alkyl halides is 3. The van der Waals surface area contributed by atoms with Gasteiger partial charge < -0.3 is 9.47 Å². The molecule has 0 unspecified atom stereocenters. The van der Waals surface area contributed by atoms with Crippen LogP contribution in [0, 0.1) is 0 Å². The Morgan fingerprint density at radius 1 is 1.23 bits per heavy atom. The van der Waals surface area contributed by atoms with Gasteiger partial charge in [-0.05, 0) is 46.3 Å². The molecule has 0 saturated carbocycles. The van der Waals surface area contributed by atoms with Crippen LogP contribution in [-0.4, -0.2) is 18.1 Å². The number of methoxy groups -OCH3 is 1. The Morgan fingerprint density at radius 3 is 2.36 bits per heavy atom. The third kappa shape index (κ3) is 3.76. The third-order valence-electron chi connectivity index (χ3n) is 2.62. The molecule has 0 fully saturated rings. The Morgan fingerprint density at radius 2 is 1.86 bits per heavy atom. The normalized spacial score (nSPS) is 11.1. The van der Waals surface area contributed by atoms with Crippen molar-refractivity contribution in [2.75, 3.05) is 7.11 Å². The number of halogens is 4. The smallest absolute Gasteiger partial charge is 0.416 e. The molecule has 0 aliphatic carbocycles. The lowest BCUT2D eigenvalue weighted by molar-refractivity contribution is -0.137. The molecule has 1 aromatic heterocycles. The summed E-state index contributed by atoms with van der Waals surface area (Å²) in [6, 6.07) is 5.63. The maximum absolute atomic E-state index is 12.5. The van der Waals surface area contributed by atoms with Crippen molar-refractivity contribution >= 4 is 21.9 Å². The second kappa shape index (κ2) is 6.35. The summed E-state index contributed by atoms with van der Waals surface area (Å²) in [6.45, 7) is 0. The van der Waals surface area contributed by atoms with Gasteiger partial charge >= 0.3 is 12.1 Å². The van der Waals surface area contributed by atoms with Crippen molar-refractivity contribution in [3.63, 3.8) is 0 Å². The minimum atomic E-state index is -4.40. The highest BCUT2D eigenvalue weighted by Gasteiger charge is 2.30. The van der Waals surface area contributed by atoms with Gasteiger partial charge in [0.25, 0.3) is 0 Å². The van der Waals surface area contributed by atoms with Gasteiger partial charge in [-0.3, -0.25) is 0 Å². The Balaban J connectivity index is 2.19. The van der Waals surface area contributed by atoms with E-state index in [0.717, 1.165) is 12.1 Å². The van der Waals surface area contributed by atoms with Crippen LogP contribution in [0.15, 0.2) is 41.0 Å². The van der Waals surface area contributed by atoms with Crippen molar-refractivity contribution in [3.8, 4) is 11.6 Å². The van der Waals surface area contributed by atoms with Gasteiger partial charge in [-0.15, -0.1) is 0 Å². The van der Waals surface area contributed by atoms with Crippen LogP contribution in [0.25, 0.3) is 0 Å². The molecule has 0 amide bonds. The molecular weight excluding hydrogens is 367 g/mol. The number of rotatable bonds is 3. The summed E-state index contributed by atoms with van der Waals surface area (Å²) in [7, 11) is 1.24. The zero-order chi connectivity index (χ0) is 16.3. The molecular formula is C14H9BrF3NO3. The average Bonchev–Trinajstić information content (AvgIpc) is 2.48. The van der Waals surface area contributed by atoms with Crippen molar-refractivity contribution in [2.24, 2.45) is 0 Å². The molecule has 0 saturated heterocycles. The largest absolute Gasteiger partial charge is 0.465 e. The second-order valence-electron chi connectivity index (χ2n) is 4.13. The number of esters is 1. The van der Waals surface area contributed by atoms with E-state index in [4.69, 9.17) is 4.74 Å². The number of pyridine rings is 1. The van der Waals surface area contributed by atoms with Gasteiger partial charge in [-0.25, -0.2) is 9.78 Å². The number of hydrogen-bond donors (Lipinski definition) is 0. The quantitative estimate of drug-likeness (QED) is 0.744. The summed E-state index contributed by atoms with van der Waals surface area (Å²) >= 11 is 3.17. The van der Waals surface area contributed by atoms with Crippen LogP contribution in [0.3, 0.4) is 0 Å². The topological polar surface area (TPSA) is 48.4 Å². The highest BCUT2D eigenvalue weighted by molar-refractivity contribution is 9.10. The average molecular weight is 376 g/mol. The number of nitrogens with zero attached hydrogens (tertiary/aromatic N) is 1. The highest BCUT2D eigenvalue weighted by Crippen LogP contribution is 2.32. The predicted molar refractivity (Wildman–Crippen MR) is 74.8 cm³/mol. The monoisotopic (exact) mass is 375 g/mol. The van der Waals surface area contributed by atoms with Gasteiger partial charge in [-0.1, -0.05) is 0 Å². The fraction of sp³-hybridized carbons (Fsp3) is 0.143. The summed E-state index contributed by atoms with van der Waals surface area (Å²) in [5.74, 6) is -0.256. The van der Waals surface area contributed by atoms with Gasteiger partial charge in [0.15, 0.2) is 0 Å². The molecule has 0 spiro atoms. The summed E-state index contributed by atoms with van der Waals surface area (Å²) in [4.78, 5) is 15.3. The standard InChI is InChI=1S/C14H9BrF3NO3/c1-21-13(20)8-6-11(15)12(19-7-8)22-10-4-2-9(3-5-10)14(16,17)18/h2-7H,1H3. The van der Waals surface area contributed by atoms with E-state index < -0.39 is 17.7 Å². The Bertz CT molecular complexity index is 687. The highest BCUT2D eigenvalue weighted by atomic mass is 79.9. The summed E-state index contributed by atoms with van der Waals surface area (Å²) in [5, 5.41) is 0. The zero-order valence-corrected chi connectivity index (χ0v) is 12.7. The molecule has 2 aromatic rings. The van der Waals surface area contributed by atoms with Crippen molar-refractivity contribution in [1.29, 1.82) is 0 Å². The molecule has 1 heterocycles. The SMILES string of the molecule is COC(=O)c1cnc(Oc2ccc(C(F)(F)F)cc2)c(Br)c1. The van der Waals surface area contributed by atoms with Gasteiger partial charge in [0.1, 0.15) is 5.75 Å². The molecule has 0 N–H and O–H groups in total. The molecule has 0 atom stereocenters. The molecule has 2 rings (SSSR count). The number of hydrogen-bond acceptors (Lipinski definition) is 4. The van der Waals surface area contributed by atoms with E-state index in [0.29, 0.717) is 4.47 Å². The van der Waals surface area contributed by atoms with Crippen LogP contribution in [0.5, 0.6) is 11.6 Å². The lowest BCUT2D eigenvalue weighted by atomic mass is 10.2. The lowest BCUT2D eigenvalue weighted by Crippen LogP contribution is -2.04. The van der Waals surface area contributed by atoms with Crippen LogP contribution in [0.4, 0.5) is 13.2 Å². The molecule has 4 nitrogen and oxygen atoms in total. The molecule has 8 heteroatoms. The van der Waals surface area contributed by atoms with E-state index in [9.17, 15) is 18.0 Å². The first-order valence-corrected chi connectivity index (χ1v) is 6.69. The summed E-state index contributed by atoms with van der Waals surface area (Å²) in [6.07, 6.45) is -3.16. The van der Waals surface area contributed by atoms with Gasteiger partial charge in [0.05, 0.1) is 22.7 Å². The van der Waals surface area contributed by atoms with E-state index in [2.05, 4.69) is 25.7 Å². The van der Waals surface area contributed by atoms with Gasteiger partial charge in [0, 0.05) is 6.20 Å². The first-order chi connectivity index (χ1) is 10.3. The number of ether oxygens (including phenoxy) is 2. The number of benzene rings is 1. The minimum Gasteiger partial charge on any atom is -0.465 e. The zero-order valence-electron chi connectivity index (χ0n) is 11.1. The number of aromatic nitrogens is 1. The van der Waals surface area contributed by atoms with E-state index in [-0.39, 0.29) is 17.2 Å². The molecule has 1 aromatic carbocycles. The molecule has 22 heavy (non-hydrogen) atoms. The van der Waals surface area contributed by atoms with E-state index in [1.54, 1.807) is 0 Å². The molecule has 0 bridgehead atoms. The van der Waals surface area contributed by atoms with Gasteiger partial charge in [-0.2, -0.15) is 13.2 Å². The molecule has 0 aliphatic rings. The third-order valence-corrected chi connectivity index (χ3v) is 3.19. The molecule has 0 aliphatic heterocycles. The predicted octanol–water partition coefficient (Wildman–Crippen LogP) is 4.44. The number of carbonyl (C=O) groups excluding carboxylic acids is 1. The van der Waals surface area contributed by atoms with E-state index in [1.165, 1.54) is 31.5 Å². The van der Waals surface area contributed by atoms with E-state index >= 15 is 0 Å². The van der Waals surface area contributed by atoms with Crippen LogP contribution < -0.4 is 4.74 Å². The van der Waals surface area contributed by atoms with Crippen LogP contribution >= 0.6 is 15.9 Å². The minimum absolute atomic E-state index is 0.118. The Hall–Kier alpha value is -2.09. The Kier molecular flexibility index (Phi) is 4.70. The summed E-state index contributed by atoms with van der Waals surface area (Å²) in [5.41, 5.74) is -0.554. The maximum atomic E-state index is 12.5. The molecule has 116 valence electrons. The molecule has 0 radical (unpaired) electrons.